The van der Waals surface area contributed by atoms with Gasteiger partial charge in [-0.15, -0.1) is 0 Å². The summed E-state index contributed by atoms with van der Waals surface area (Å²) in [4.78, 5) is -0.310. The molecular weight excluding hydrogens is 308 g/mol. The van der Waals surface area contributed by atoms with Crippen LogP contribution in [-0.4, -0.2) is 8.42 Å². The number of nitrogens with two attached hydrogens (primary N) is 1. The van der Waals surface area contributed by atoms with Gasteiger partial charge in [-0.25, -0.2) is 17.2 Å². The van der Waals surface area contributed by atoms with E-state index in [1.54, 1.807) is 0 Å². The van der Waals surface area contributed by atoms with Gasteiger partial charge < -0.3 is 5.73 Å². The van der Waals surface area contributed by atoms with E-state index in [1.807, 2.05) is 0 Å². The van der Waals surface area contributed by atoms with Gasteiger partial charge in [-0.3, -0.25) is 0 Å². The Morgan fingerprint density at radius 2 is 1.75 bits per heavy atom. The monoisotopic (exact) mass is 317 g/mol. The third kappa shape index (κ3) is 3.08. The van der Waals surface area contributed by atoms with Crippen molar-refractivity contribution in [3.05, 3.63) is 58.6 Å². The van der Waals surface area contributed by atoms with E-state index < -0.39 is 27.2 Å². The van der Waals surface area contributed by atoms with Gasteiger partial charge in [0.2, 0.25) is 0 Å². The smallest absolute Gasteiger partial charge is 0.182 e. The van der Waals surface area contributed by atoms with E-state index in [-0.39, 0.29) is 9.92 Å². The van der Waals surface area contributed by atoms with Crippen LogP contribution in [0.1, 0.15) is 5.56 Å². The van der Waals surface area contributed by atoms with Crippen molar-refractivity contribution in [3.63, 3.8) is 0 Å². The molecule has 2 N–H and O–H groups in total. The molecule has 0 saturated heterocycles. The van der Waals surface area contributed by atoms with Gasteiger partial charge in [0.1, 0.15) is 0 Å². The topological polar surface area (TPSA) is 60.2 Å². The zero-order valence-electron chi connectivity index (χ0n) is 10.1. The lowest BCUT2D eigenvalue weighted by atomic mass is 10.2. The Morgan fingerprint density at radius 1 is 1.05 bits per heavy atom. The number of benzene rings is 2. The van der Waals surface area contributed by atoms with Gasteiger partial charge in [0.15, 0.2) is 21.5 Å². The summed E-state index contributed by atoms with van der Waals surface area (Å²) in [5, 5.41) is 0.241. The van der Waals surface area contributed by atoms with E-state index in [2.05, 4.69) is 0 Å². The number of halogens is 3. The van der Waals surface area contributed by atoms with E-state index in [0.717, 1.165) is 12.1 Å². The fourth-order valence-electron chi connectivity index (χ4n) is 1.66. The highest BCUT2D eigenvalue weighted by Gasteiger charge is 2.19. The summed E-state index contributed by atoms with van der Waals surface area (Å²) in [7, 11) is -3.84. The fourth-order valence-corrected chi connectivity index (χ4v) is 3.30. The summed E-state index contributed by atoms with van der Waals surface area (Å²) in [6.07, 6.45) is 0. The second-order valence-electron chi connectivity index (χ2n) is 4.19. The van der Waals surface area contributed by atoms with Crippen LogP contribution in [0.25, 0.3) is 0 Å². The van der Waals surface area contributed by atoms with Crippen molar-refractivity contribution in [1.29, 1.82) is 0 Å². The Morgan fingerprint density at radius 3 is 2.40 bits per heavy atom. The van der Waals surface area contributed by atoms with Crippen LogP contribution in [0.2, 0.25) is 5.02 Å². The lowest BCUT2D eigenvalue weighted by Crippen LogP contribution is -2.06. The molecule has 0 heterocycles. The summed E-state index contributed by atoms with van der Waals surface area (Å²) in [5.74, 6) is -2.77. The molecule has 0 aromatic heterocycles. The number of sulfone groups is 1. The van der Waals surface area contributed by atoms with Crippen molar-refractivity contribution in [1.82, 2.24) is 0 Å². The second kappa shape index (κ2) is 5.38. The molecule has 0 atom stereocenters. The normalized spacial score (nSPS) is 11.6. The van der Waals surface area contributed by atoms with Gasteiger partial charge >= 0.3 is 0 Å². The van der Waals surface area contributed by atoms with E-state index in [1.165, 1.54) is 18.2 Å². The molecule has 0 bridgehead atoms. The molecule has 2 aromatic carbocycles. The molecule has 0 radical (unpaired) electrons. The van der Waals surface area contributed by atoms with E-state index >= 15 is 0 Å². The summed E-state index contributed by atoms with van der Waals surface area (Å²) < 4.78 is 50.2. The molecule has 0 unspecified atom stereocenters. The molecule has 0 amide bonds. The zero-order valence-corrected chi connectivity index (χ0v) is 11.7. The van der Waals surface area contributed by atoms with Gasteiger partial charge in [-0.1, -0.05) is 11.6 Å². The van der Waals surface area contributed by atoms with Crippen LogP contribution in [0, 0.1) is 11.6 Å². The van der Waals surface area contributed by atoms with Crippen LogP contribution in [0.4, 0.5) is 14.5 Å². The number of hydrogen-bond donors (Lipinski definition) is 1. The first-order valence-electron chi connectivity index (χ1n) is 5.51. The molecule has 2 rings (SSSR count). The van der Waals surface area contributed by atoms with Crippen LogP contribution in [-0.2, 0) is 15.6 Å². The van der Waals surface area contributed by atoms with Crippen LogP contribution in [0.5, 0.6) is 0 Å². The van der Waals surface area contributed by atoms with E-state index in [9.17, 15) is 17.2 Å². The lowest BCUT2D eigenvalue weighted by molar-refractivity contribution is 0.504. The molecule has 0 aliphatic rings. The Hall–Kier alpha value is -1.66. The third-order valence-electron chi connectivity index (χ3n) is 2.67. The average Bonchev–Trinajstić information content (AvgIpc) is 2.36. The maximum Gasteiger partial charge on any atom is 0.182 e. The Kier molecular flexibility index (Phi) is 3.96. The SMILES string of the molecule is Nc1ccc(Cl)c(CS(=O)(=O)c2ccc(F)c(F)c2)c1. The van der Waals surface area contributed by atoms with Crippen molar-refractivity contribution >= 4 is 27.1 Å². The minimum atomic E-state index is -3.84. The van der Waals surface area contributed by atoms with Crippen molar-refractivity contribution in [3.8, 4) is 0 Å². The van der Waals surface area contributed by atoms with Crippen LogP contribution in [0.15, 0.2) is 41.3 Å². The van der Waals surface area contributed by atoms with Crippen LogP contribution < -0.4 is 5.73 Å². The molecule has 0 saturated carbocycles. The second-order valence-corrected chi connectivity index (χ2v) is 6.58. The highest BCUT2D eigenvalue weighted by atomic mass is 35.5. The molecule has 0 spiro atoms. The standard InChI is InChI=1S/C13H10ClF2NO2S/c14-11-3-1-9(17)5-8(11)7-20(18,19)10-2-4-12(15)13(16)6-10/h1-6H,7,17H2. The van der Waals surface area contributed by atoms with Crippen molar-refractivity contribution in [2.45, 2.75) is 10.6 Å². The molecule has 3 nitrogen and oxygen atoms in total. The quantitative estimate of drug-likeness (QED) is 0.698. The van der Waals surface area contributed by atoms with Gasteiger partial charge in [0.05, 0.1) is 10.6 Å². The fraction of sp³-hybridized carbons (Fsp3) is 0.0769. The maximum absolute atomic E-state index is 13.1. The molecule has 0 fully saturated rings. The largest absolute Gasteiger partial charge is 0.399 e. The first kappa shape index (κ1) is 14.7. The molecule has 7 heteroatoms. The van der Waals surface area contributed by atoms with Gasteiger partial charge in [0.25, 0.3) is 0 Å². The van der Waals surface area contributed by atoms with Gasteiger partial charge in [-0.05, 0) is 42.0 Å². The van der Waals surface area contributed by atoms with E-state index in [4.69, 9.17) is 17.3 Å². The van der Waals surface area contributed by atoms with E-state index in [0.29, 0.717) is 17.3 Å². The highest BCUT2D eigenvalue weighted by molar-refractivity contribution is 7.90. The molecule has 20 heavy (non-hydrogen) atoms. The summed E-state index contributed by atoms with van der Waals surface area (Å²) in [5.41, 5.74) is 6.23. The molecule has 2 aromatic rings. The molecule has 0 aliphatic carbocycles. The minimum absolute atomic E-state index is 0.241. The number of rotatable bonds is 3. The Balaban J connectivity index is 2.40. The van der Waals surface area contributed by atoms with Gasteiger partial charge in [-0.2, -0.15) is 0 Å². The first-order valence-corrected chi connectivity index (χ1v) is 7.54. The highest BCUT2D eigenvalue weighted by Crippen LogP contribution is 2.25. The summed E-state index contributed by atoms with van der Waals surface area (Å²) >= 11 is 5.89. The maximum atomic E-state index is 13.1. The van der Waals surface area contributed by atoms with Crippen molar-refractivity contribution in [2.75, 3.05) is 5.73 Å². The van der Waals surface area contributed by atoms with Crippen molar-refractivity contribution < 1.29 is 17.2 Å². The van der Waals surface area contributed by atoms with Crippen LogP contribution >= 0.6 is 11.6 Å². The molecule has 106 valence electrons. The zero-order chi connectivity index (χ0) is 14.9. The Bertz CT molecular complexity index is 763. The predicted molar refractivity (Wildman–Crippen MR) is 73.1 cm³/mol. The summed E-state index contributed by atoms with van der Waals surface area (Å²) in [6.45, 7) is 0. The summed E-state index contributed by atoms with van der Waals surface area (Å²) in [6, 6.07) is 6.87. The number of nitrogen functional groups attached to an aromatic ring is 1. The van der Waals surface area contributed by atoms with Crippen LogP contribution in [0.3, 0.4) is 0 Å². The Labute approximate surface area is 119 Å². The minimum Gasteiger partial charge on any atom is -0.399 e. The number of hydrogen-bond acceptors (Lipinski definition) is 3. The predicted octanol–water partition coefficient (Wildman–Crippen LogP) is 3.17. The lowest BCUT2D eigenvalue weighted by Gasteiger charge is -2.08. The number of anilines is 1. The average molecular weight is 318 g/mol. The van der Waals surface area contributed by atoms with Gasteiger partial charge in [0, 0.05) is 10.7 Å². The third-order valence-corrected chi connectivity index (χ3v) is 4.70. The molecular formula is C13H10ClF2NO2S. The van der Waals surface area contributed by atoms with Crippen molar-refractivity contribution in [2.24, 2.45) is 0 Å². The first-order chi connectivity index (χ1) is 9.29. The molecule has 0 aliphatic heterocycles.